The molecule has 6 rings (SSSR count). The smallest absolute Gasteiger partial charge is 0.309 e. The summed E-state index contributed by atoms with van der Waals surface area (Å²) in [6.45, 7) is 3.02. The van der Waals surface area contributed by atoms with Crippen molar-refractivity contribution in [3.63, 3.8) is 0 Å². The molecule has 2 aromatic carbocycles. The van der Waals surface area contributed by atoms with Crippen molar-refractivity contribution in [3.05, 3.63) is 40.6 Å². The van der Waals surface area contributed by atoms with E-state index in [1.165, 1.54) is 13.0 Å². The van der Waals surface area contributed by atoms with E-state index in [2.05, 4.69) is 0 Å². The highest BCUT2D eigenvalue weighted by molar-refractivity contribution is 5.88. The number of benzene rings is 2. The molecule has 1 aromatic heterocycles. The summed E-state index contributed by atoms with van der Waals surface area (Å²) >= 11 is 0. The van der Waals surface area contributed by atoms with Gasteiger partial charge < -0.3 is 98.9 Å². The molecule has 0 unspecified atom stereocenters. The van der Waals surface area contributed by atoms with Crippen molar-refractivity contribution in [1.82, 2.24) is 0 Å². The average Bonchev–Trinajstić information content (AvgIpc) is 3.22. The van der Waals surface area contributed by atoms with E-state index in [1.807, 2.05) is 0 Å². The normalized spacial score (nSPS) is 35.2. The fourth-order valence-electron chi connectivity index (χ4n) is 6.82. The number of hydrogen-bond donors (Lipinski definition) is 12. The monoisotopic (exact) mass is 856 g/mol. The number of ether oxygens (including phenoxy) is 7. The van der Waals surface area contributed by atoms with Gasteiger partial charge in [0, 0.05) is 17.7 Å². The van der Waals surface area contributed by atoms with Crippen LogP contribution in [0.2, 0.25) is 0 Å². The van der Waals surface area contributed by atoms with Crippen molar-refractivity contribution in [2.45, 2.75) is 119 Å². The third kappa shape index (κ3) is 8.69. The second-order valence-corrected chi connectivity index (χ2v) is 14.8. The Morgan fingerprint density at radius 3 is 1.93 bits per heavy atom. The lowest BCUT2D eigenvalue weighted by atomic mass is 9.97. The van der Waals surface area contributed by atoms with Crippen LogP contribution < -0.4 is 14.9 Å². The van der Waals surface area contributed by atoms with Gasteiger partial charge in [-0.25, -0.2) is 0 Å². The first-order valence-corrected chi connectivity index (χ1v) is 18.9. The van der Waals surface area contributed by atoms with Gasteiger partial charge in [-0.1, -0.05) is 13.8 Å². The molecule has 0 aliphatic carbocycles. The molecule has 332 valence electrons. The average molecular weight is 857 g/mol. The molecule has 0 saturated carbocycles. The van der Waals surface area contributed by atoms with E-state index in [0.29, 0.717) is 6.42 Å². The fraction of sp³-hybridized carbons (Fsp3) is 0.579. The molecule has 12 N–H and O–H groups in total. The quantitative estimate of drug-likeness (QED) is 0.0655. The summed E-state index contributed by atoms with van der Waals surface area (Å²) in [4.78, 5) is 27.4. The zero-order valence-corrected chi connectivity index (χ0v) is 32.2. The molecular weight excluding hydrogens is 808 g/mol. The first-order valence-electron chi connectivity index (χ1n) is 18.9. The molecular formula is C38H48O22. The van der Waals surface area contributed by atoms with Crippen LogP contribution in [0.15, 0.2) is 39.5 Å². The van der Waals surface area contributed by atoms with Gasteiger partial charge in [-0.2, -0.15) is 0 Å². The van der Waals surface area contributed by atoms with Crippen LogP contribution in [0, 0.1) is 5.92 Å². The number of aromatic hydroxyl groups is 3. The standard InChI is InChI=1S/C38H48O22/c1-4-12(2)35(52)58-34-32(59-36-29(50)27(48)24(45)20(10-39)56-36)23(44)13(3)53-38(34)54-15-8-18(43)22-19(9-15)55-31(14-5-6-16(41)17(42)7-14)33(26(22)47)60-37-30(51)28(49)25(46)21(11-40)57-37/h5-9,12-13,20-21,23-25,27-30,32,34,36-46,48-51H,4,10-11H2,1-3H3/t12-,13-,20+,21+,23-,24+,25+,27-,28-,29+,30+,32+,34+,36-,37-,38-/m0/s1. The summed E-state index contributed by atoms with van der Waals surface area (Å²) in [6.07, 6.45) is -25.3. The Morgan fingerprint density at radius 1 is 0.717 bits per heavy atom. The van der Waals surface area contributed by atoms with E-state index in [4.69, 9.17) is 37.6 Å². The maximum absolute atomic E-state index is 14.2. The van der Waals surface area contributed by atoms with Gasteiger partial charge in [-0.05, 0) is 31.5 Å². The Kier molecular flexibility index (Phi) is 13.8. The number of hydrogen-bond acceptors (Lipinski definition) is 22. The number of aliphatic hydroxyl groups is 9. The number of carbonyl (C=O) groups is 1. The Bertz CT molecular complexity index is 2040. The van der Waals surface area contributed by atoms with Crippen LogP contribution in [0.5, 0.6) is 28.7 Å². The molecule has 60 heavy (non-hydrogen) atoms. The maximum atomic E-state index is 14.2. The lowest BCUT2D eigenvalue weighted by Gasteiger charge is -2.46. The lowest BCUT2D eigenvalue weighted by molar-refractivity contribution is -0.351. The molecule has 22 heteroatoms. The third-order valence-corrected chi connectivity index (χ3v) is 10.6. The van der Waals surface area contributed by atoms with E-state index in [-0.39, 0.29) is 11.3 Å². The Morgan fingerprint density at radius 2 is 1.33 bits per heavy atom. The maximum Gasteiger partial charge on any atom is 0.309 e. The molecule has 4 heterocycles. The van der Waals surface area contributed by atoms with Gasteiger partial charge in [0.25, 0.3) is 0 Å². The minimum Gasteiger partial charge on any atom is -0.507 e. The van der Waals surface area contributed by atoms with Gasteiger partial charge in [0.15, 0.2) is 29.7 Å². The second-order valence-electron chi connectivity index (χ2n) is 14.8. The molecule has 3 aliphatic heterocycles. The van der Waals surface area contributed by atoms with E-state index >= 15 is 0 Å². The molecule has 0 amide bonds. The predicted molar refractivity (Wildman–Crippen MR) is 196 cm³/mol. The lowest BCUT2D eigenvalue weighted by Crippen LogP contribution is -2.65. The molecule has 22 nitrogen and oxygen atoms in total. The van der Waals surface area contributed by atoms with E-state index < -0.39 is 162 Å². The van der Waals surface area contributed by atoms with Crippen molar-refractivity contribution in [2.24, 2.45) is 5.92 Å². The van der Waals surface area contributed by atoms with Crippen LogP contribution in [0.25, 0.3) is 22.3 Å². The molecule has 3 aromatic rings. The number of carbonyl (C=O) groups excluding carboxylic acids is 1. The number of fused-ring (bicyclic) bond motifs is 1. The molecule has 3 saturated heterocycles. The third-order valence-electron chi connectivity index (χ3n) is 10.6. The number of rotatable bonds is 12. The fourth-order valence-corrected chi connectivity index (χ4v) is 6.82. The molecule has 0 spiro atoms. The number of esters is 1. The van der Waals surface area contributed by atoms with E-state index in [0.717, 1.165) is 24.3 Å². The summed E-state index contributed by atoms with van der Waals surface area (Å²) < 4.78 is 46.2. The largest absolute Gasteiger partial charge is 0.507 e. The van der Waals surface area contributed by atoms with Gasteiger partial charge >= 0.3 is 5.97 Å². The van der Waals surface area contributed by atoms with Crippen molar-refractivity contribution < 1.29 is 104 Å². The molecule has 3 fully saturated rings. The Balaban J connectivity index is 1.41. The second kappa shape index (κ2) is 18.3. The molecule has 3 aliphatic rings. The van der Waals surface area contributed by atoms with Gasteiger partial charge in [0.1, 0.15) is 83.5 Å². The summed E-state index contributed by atoms with van der Waals surface area (Å²) in [6, 6.07) is 5.26. The van der Waals surface area contributed by atoms with Crippen LogP contribution in [-0.2, 0) is 28.5 Å². The van der Waals surface area contributed by atoms with E-state index in [9.17, 15) is 70.9 Å². The molecule has 0 bridgehead atoms. The minimum atomic E-state index is -1.99. The van der Waals surface area contributed by atoms with Crippen LogP contribution in [0.3, 0.4) is 0 Å². The zero-order chi connectivity index (χ0) is 43.9. The van der Waals surface area contributed by atoms with Gasteiger partial charge in [-0.3, -0.25) is 9.59 Å². The summed E-state index contributed by atoms with van der Waals surface area (Å²) in [5.41, 5.74) is -1.64. The van der Waals surface area contributed by atoms with Gasteiger partial charge in [0.2, 0.25) is 23.8 Å². The Hall–Kier alpha value is -4.40. The van der Waals surface area contributed by atoms with Crippen molar-refractivity contribution in [1.29, 1.82) is 0 Å². The molecule has 16 atom stereocenters. The van der Waals surface area contributed by atoms with Gasteiger partial charge in [-0.15, -0.1) is 0 Å². The number of aliphatic hydroxyl groups excluding tert-OH is 9. The first-order chi connectivity index (χ1) is 28.4. The highest BCUT2D eigenvalue weighted by Gasteiger charge is 2.53. The van der Waals surface area contributed by atoms with Crippen LogP contribution in [0.1, 0.15) is 27.2 Å². The van der Waals surface area contributed by atoms with Crippen LogP contribution in [-0.4, -0.2) is 173 Å². The SMILES string of the molecule is CC[C@H](C)C(=O)O[C@H]1[C@H](Oc2cc(O)c3c(=O)c(O[C@@H]4O[C@H](CO)[C@@H](O)[C@H](O)[C@H]4O)c(-c4ccc(O)c(O)c4)oc3c2)O[C@@H](C)[C@H](O)[C@H]1O[C@@H]1O[C@H](CO)[C@@H](O)[C@H](O)[C@H]1O. The van der Waals surface area contributed by atoms with E-state index in [1.54, 1.807) is 13.8 Å². The summed E-state index contributed by atoms with van der Waals surface area (Å²) in [5.74, 6) is -5.10. The Labute approximate surface area is 339 Å². The summed E-state index contributed by atoms with van der Waals surface area (Å²) in [7, 11) is 0. The highest BCUT2D eigenvalue weighted by Crippen LogP contribution is 2.41. The number of phenols is 3. The topological polar surface area (TPSA) is 355 Å². The predicted octanol–water partition coefficient (Wildman–Crippen LogP) is -2.62. The first kappa shape index (κ1) is 45.1. The van der Waals surface area contributed by atoms with Crippen molar-refractivity contribution >= 4 is 16.9 Å². The summed E-state index contributed by atoms with van der Waals surface area (Å²) in [5, 5.41) is 124. The van der Waals surface area contributed by atoms with Gasteiger partial charge in [0.05, 0.1) is 25.2 Å². The van der Waals surface area contributed by atoms with Crippen molar-refractivity contribution in [3.8, 4) is 40.1 Å². The number of phenolic OH excluding ortho intramolecular Hbond substituents is 3. The zero-order valence-electron chi connectivity index (χ0n) is 32.2. The van der Waals surface area contributed by atoms with Crippen LogP contribution >= 0.6 is 0 Å². The van der Waals surface area contributed by atoms with Crippen molar-refractivity contribution in [2.75, 3.05) is 13.2 Å². The highest BCUT2D eigenvalue weighted by atomic mass is 16.7. The minimum absolute atomic E-state index is 0.113. The molecule has 0 radical (unpaired) electrons. The van der Waals surface area contributed by atoms with Crippen LogP contribution in [0.4, 0.5) is 0 Å².